The topological polar surface area (TPSA) is 50.4 Å². The molecule has 0 aromatic heterocycles. The molecule has 1 aliphatic rings. The molecule has 17 heavy (non-hydrogen) atoms. The molecular weight excluding hydrogens is 216 g/mol. The van der Waals surface area contributed by atoms with Gasteiger partial charge in [0.05, 0.1) is 6.04 Å². The molecule has 0 bridgehead atoms. The quantitative estimate of drug-likeness (QED) is 0.662. The highest BCUT2D eigenvalue weighted by molar-refractivity contribution is 5.81. The number of piperidine rings is 1. The number of ether oxygens (including phenoxy) is 1. The summed E-state index contributed by atoms with van der Waals surface area (Å²) in [6.45, 7) is 4.71. The van der Waals surface area contributed by atoms with Crippen molar-refractivity contribution in [2.45, 2.75) is 45.1 Å². The van der Waals surface area contributed by atoms with E-state index in [0.29, 0.717) is 5.92 Å². The summed E-state index contributed by atoms with van der Waals surface area (Å²) in [4.78, 5) is 11.9. The summed E-state index contributed by atoms with van der Waals surface area (Å²) in [5.41, 5.74) is 0. The van der Waals surface area contributed by atoms with E-state index in [9.17, 15) is 4.79 Å². The Balaban J connectivity index is 2.14. The molecule has 2 N–H and O–H groups in total. The number of nitrogens with one attached hydrogen (secondary N) is 2. The van der Waals surface area contributed by atoms with Crippen molar-refractivity contribution in [2.75, 3.05) is 26.8 Å². The predicted molar refractivity (Wildman–Crippen MR) is 68.9 cm³/mol. The number of methoxy groups -OCH3 is 1. The summed E-state index contributed by atoms with van der Waals surface area (Å²) in [5.74, 6) is 0.876. The average molecular weight is 242 g/mol. The van der Waals surface area contributed by atoms with Crippen LogP contribution in [0.5, 0.6) is 0 Å². The summed E-state index contributed by atoms with van der Waals surface area (Å²) in [5, 5.41) is 6.30. The number of hydrogen-bond acceptors (Lipinski definition) is 3. The predicted octanol–water partition coefficient (Wildman–Crippen LogP) is 1.31. The minimum absolute atomic E-state index is 0.0242. The Morgan fingerprint density at radius 1 is 1.47 bits per heavy atom. The van der Waals surface area contributed by atoms with E-state index in [1.54, 1.807) is 7.11 Å². The Labute approximate surface area is 104 Å². The lowest BCUT2D eigenvalue weighted by Crippen LogP contribution is -2.48. The molecule has 1 fully saturated rings. The molecule has 0 saturated carbocycles. The molecule has 1 amide bonds. The van der Waals surface area contributed by atoms with Gasteiger partial charge in [-0.2, -0.15) is 0 Å². The zero-order chi connectivity index (χ0) is 12.5. The van der Waals surface area contributed by atoms with Crippen LogP contribution >= 0.6 is 0 Å². The van der Waals surface area contributed by atoms with Crippen molar-refractivity contribution in [1.82, 2.24) is 10.6 Å². The van der Waals surface area contributed by atoms with Gasteiger partial charge in [-0.25, -0.2) is 0 Å². The van der Waals surface area contributed by atoms with Crippen LogP contribution in [0.2, 0.25) is 0 Å². The van der Waals surface area contributed by atoms with Crippen LogP contribution in [0.15, 0.2) is 0 Å². The van der Waals surface area contributed by atoms with Crippen molar-refractivity contribution in [1.29, 1.82) is 0 Å². The van der Waals surface area contributed by atoms with Crippen molar-refractivity contribution in [2.24, 2.45) is 5.92 Å². The Morgan fingerprint density at radius 3 is 3.00 bits per heavy atom. The Bertz CT molecular complexity index is 221. The Morgan fingerprint density at radius 2 is 2.29 bits per heavy atom. The highest BCUT2D eigenvalue weighted by atomic mass is 16.5. The molecular formula is C13H26N2O2. The molecule has 2 unspecified atom stereocenters. The molecule has 0 aromatic carbocycles. The molecule has 2 atom stereocenters. The van der Waals surface area contributed by atoms with Crippen LogP contribution in [-0.4, -0.2) is 38.8 Å². The molecule has 1 heterocycles. The molecule has 1 rings (SSSR count). The van der Waals surface area contributed by atoms with Gasteiger partial charge in [0.2, 0.25) is 5.91 Å². The number of hydrogen-bond donors (Lipinski definition) is 2. The number of unbranched alkanes of at least 4 members (excludes halogenated alkanes) is 1. The minimum Gasteiger partial charge on any atom is -0.385 e. The smallest absolute Gasteiger partial charge is 0.237 e. The van der Waals surface area contributed by atoms with E-state index < -0.39 is 0 Å². The molecule has 0 radical (unpaired) electrons. The van der Waals surface area contributed by atoms with Gasteiger partial charge in [0.25, 0.3) is 0 Å². The molecule has 1 aliphatic heterocycles. The maximum atomic E-state index is 11.9. The fourth-order valence-electron chi connectivity index (χ4n) is 2.27. The molecule has 0 spiro atoms. The van der Waals surface area contributed by atoms with Crippen molar-refractivity contribution >= 4 is 5.91 Å². The normalized spacial score (nSPS) is 24.6. The van der Waals surface area contributed by atoms with Gasteiger partial charge in [-0.3, -0.25) is 4.79 Å². The molecule has 4 heteroatoms. The lowest BCUT2D eigenvalue weighted by atomic mass is 9.90. The third-order valence-corrected chi connectivity index (χ3v) is 3.48. The first-order chi connectivity index (χ1) is 8.27. The number of carbonyl (C=O) groups excluding carboxylic acids is 1. The molecule has 0 aromatic rings. The van der Waals surface area contributed by atoms with E-state index >= 15 is 0 Å². The van der Waals surface area contributed by atoms with Crippen molar-refractivity contribution in [3.05, 3.63) is 0 Å². The molecule has 1 saturated heterocycles. The summed E-state index contributed by atoms with van der Waals surface area (Å²) in [7, 11) is 1.70. The van der Waals surface area contributed by atoms with E-state index in [1.807, 2.05) is 0 Å². The standard InChI is InChI=1S/C13H26N2O2/c1-3-11-6-8-14-12(10-11)13(16)15-7-4-5-9-17-2/h11-12,14H,3-10H2,1-2H3,(H,15,16). The average Bonchev–Trinajstić information content (AvgIpc) is 2.38. The zero-order valence-corrected chi connectivity index (χ0v) is 11.1. The SMILES string of the molecule is CCC1CCNC(C(=O)NCCCCOC)C1. The van der Waals surface area contributed by atoms with Crippen LogP contribution in [0, 0.1) is 5.92 Å². The molecule has 0 aliphatic carbocycles. The van der Waals surface area contributed by atoms with Gasteiger partial charge in [0.1, 0.15) is 0 Å². The first-order valence-corrected chi connectivity index (χ1v) is 6.78. The summed E-state index contributed by atoms with van der Waals surface area (Å²) < 4.78 is 4.97. The molecule has 4 nitrogen and oxygen atoms in total. The first kappa shape index (κ1) is 14.5. The Kier molecular flexibility index (Phi) is 7.21. The molecule has 100 valence electrons. The minimum atomic E-state index is 0.0242. The van der Waals surface area contributed by atoms with Crippen LogP contribution in [0.25, 0.3) is 0 Å². The second-order valence-corrected chi connectivity index (χ2v) is 4.80. The number of rotatable bonds is 7. The van der Waals surface area contributed by atoms with Gasteiger partial charge in [0, 0.05) is 20.3 Å². The van der Waals surface area contributed by atoms with Crippen molar-refractivity contribution in [3.63, 3.8) is 0 Å². The van der Waals surface area contributed by atoms with E-state index in [2.05, 4.69) is 17.6 Å². The van der Waals surface area contributed by atoms with Gasteiger partial charge in [-0.15, -0.1) is 0 Å². The Hall–Kier alpha value is -0.610. The lowest BCUT2D eigenvalue weighted by Gasteiger charge is -2.28. The number of amides is 1. The van der Waals surface area contributed by atoms with Crippen molar-refractivity contribution < 1.29 is 9.53 Å². The van der Waals surface area contributed by atoms with Crippen LogP contribution in [0.4, 0.5) is 0 Å². The van der Waals surface area contributed by atoms with E-state index in [-0.39, 0.29) is 11.9 Å². The number of carbonyl (C=O) groups is 1. The van der Waals surface area contributed by atoms with Crippen LogP contribution < -0.4 is 10.6 Å². The maximum Gasteiger partial charge on any atom is 0.237 e. The monoisotopic (exact) mass is 242 g/mol. The fourth-order valence-corrected chi connectivity index (χ4v) is 2.27. The second kappa shape index (κ2) is 8.48. The van der Waals surface area contributed by atoms with Crippen LogP contribution in [-0.2, 0) is 9.53 Å². The maximum absolute atomic E-state index is 11.9. The largest absolute Gasteiger partial charge is 0.385 e. The van der Waals surface area contributed by atoms with E-state index in [1.165, 1.54) is 12.8 Å². The fraction of sp³-hybridized carbons (Fsp3) is 0.923. The lowest BCUT2D eigenvalue weighted by molar-refractivity contribution is -0.124. The van der Waals surface area contributed by atoms with Crippen LogP contribution in [0.3, 0.4) is 0 Å². The van der Waals surface area contributed by atoms with Crippen LogP contribution in [0.1, 0.15) is 39.0 Å². The van der Waals surface area contributed by atoms with Gasteiger partial charge in [-0.1, -0.05) is 13.3 Å². The van der Waals surface area contributed by atoms with Gasteiger partial charge in [-0.05, 0) is 38.1 Å². The summed E-state index contributed by atoms with van der Waals surface area (Å²) in [6.07, 6.45) is 5.36. The first-order valence-electron chi connectivity index (χ1n) is 6.78. The van der Waals surface area contributed by atoms with Gasteiger partial charge in [0.15, 0.2) is 0 Å². The highest BCUT2D eigenvalue weighted by Crippen LogP contribution is 2.19. The zero-order valence-electron chi connectivity index (χ0n) is 11.1. The van der Waals surface area contributed by atoms with E-state index in [4.69, 9.17) is 4.74 Å². The third kappa shape index (κ3) is 5.50. The second-order valence-electron chi connectivity index (χ2n) is 4.80. The third-order valence-electron chi connectivity index (χ3n) is 3.48. The van der Waals surface area contributed by atoms with Gasteiger partial charge >= 0.3 is 0 Å². The van der Waals surface area contributed by atoms with Gasteiger partial charge < -0.3 is 15.4 Å². The summed E-state index contributed by atoms with van der Waals surface area (Å²) >= 11 is 0. The highest BCUT2D eigenvalue weighted by Gasteiger charge is 2.25. The summed E-state index contributed by atoms with van der Waals surface area (Å²) in [6, 6.07) is 0.0242. The van der Waals surface area contributed by atoms with E-state index in [0.717, 1.165) is 39.0 Å². The van der Waals surface area contributed by atoms with Crippen molar-refractivity contribution in [3.8, 4) is 0 Å².